The minimum atomic E-state index is 0.565. The van der Waals surface area contributed by atoms with Gasteiger partial charge in [-0.15, -0.1) is 0 Å². The Bertz CT molecular complexity index is 330. The van der Waals surface area contributed by atoms with E-state index in [0.29, 0.717) is 5.82 Å². The summed E-state index contributed by atoms with van der Waals surface area (Å²) < 4.78 is 0. The van der Waals surface area contributed by atoms with Crippen LogP contribution in [0.3, 0.4) is 0 Å². The van der Waals surface area contributed by atoms with E-state index in [4.69, 9.17) is 5.73 Å². The third kappa shape index (κ3) is 2.37. The molecule has 2 N–H and O–H groups in total. The highest BCUT2D eigenvalue weighted by molar-refractivity contribution is 5.40. The molecule has 1 aliphatic rings. The lowest BCUT2D eigenvalue weighted by atomic mass is 10.0. The summed E-state index contributed by atoms with van der Waals surface area (Å²) in [5.41, 5.74) is 6.66. The average molecular weight is 206 g/mol. The first-order valence-electron chi connectivity index (χ1n) is 5.51. The maximum atomic E-state index is 5.72. The number of piperidine rings is 1. The highest BCUT2D eigenvalue weighted by Crippen LogP contribution is 2.20. The van der Waals surface area contributed by atoms with Gasteiger partial charge in [-0.1, -0.05) is 6.92 Å². The Morgan fingerprint density at radius 3 is 2.93 bits per heavy atom. The number of nitrogens with zero attached hydrogens (tertiary/aromatic N) is 3. The first kappa shape index (κ1) is 10.2. The predicted molar refractivity (Wildman–Crippen MR) is 61.8 cm³/mol. The smallest absolute Gasteiger partial charge is 0.227 e. The van der Waals surface area contributed by atoms with Crippen molar-refractivity contribution >= 4 is 11.8 Å². The molecule has 0 aromatic carbocycles. The van der Waals surface area contributed by atoms with E-state index in [9.17, 15) is 0 Å². The minimum Gasteiger partial charge on any atom is -0.384 e. The van der Waals surface area contributed by atoms with Crippen molar-refractivity contribution in [3.8, 4) is 0 Å². The van der Waals surface area contributed by atoms with Crippen molar-refractivity contribution in [2.45, 2.75) is 26.7 Å². The van der Waals surface area contributed by atoms with Gasteiger partial charge >= 0.3 is 0 Å². The summed E-state index contributed by atoms with van der Waals surface area (Å²) in [5, 5.41) is 0. The van der Waals surface area contributed by atoms with Gasteiger partial charge < -0.3 is 10.6 Å². The lowest BCUT2D eigenvalue weighted by Gasteiger charge is -2.31. The molecule has 0 bridgehead atoms. The SMILES string of the molecule is Cc1cc(N)nc(N2CCCC(C)C2)n1. The number of rotatable bonds is 1. The lowest BCUT2D eigenvalue weighted by molar-refractivity contribution is 0.442. The zero-order chi connectivity index (χ0) is 10.8. The van der Waals surface area contributed by atoms with Gasteiger partial charge in [0.25, 0.3) is 0 Å². The highest BCUT2D eigenvalue weighted by atomic mass is 15.3. The van der Waals surface area contributed by atoms with E-state index in [2.05, 4.69) is 21.8 Å². The van der Waals surface area contributed by atoms with Crippen molar-refractivity contribution in [1.82, 2.24) is 9.97 Å². The van der Waals surface area contributed by atoms with Crippen LogP contribution in [0.15, 0.2) is 6.07 Å². The molecule has 1 aliphatic heterocycles. The van der Waals surface area contributed by atoms with Gasteiger partial charge in [0, 0.05) is 24.8 Å². The Labute approximate surface area is 90.5 Å². The van der Waals surface area contributed by atoms with E-state index in [1.807, 2.05) is 6.92 Å². The maximum absolute atomic E-state index is 5.72. The number of hydrogen-bond acceptors (Lipinski definition) is 4. The summed E-state index contributed by atoms with van der Waals surface area (Å²) in [6.07, 6.45) is 2.52. The standard InChI is InChI=1S/C11H18N4/c1-8-4-3-5-15(7-8)11-13-9(2)6-10(12)14-11/h6,8H,3-5,7H2,1-2H3,(H2,12,13,14). The second-order valence-corrected chi connectivity index (χ2v) is 4.43. The fourth-order valence-electron chi connectivity index (χ4n) is 2.09. The molecule has 1 aromatic rings. The van der Waals surface area contributed by atoms with Crippen molar-refractivity contribution in [2.24, 2.45) is 5.92 Å². The molecule has 1 atom stereocenters. The van der Waals surface area contributed by atoms with Crippen LogP contribution in [0.1, 0.15) is 25.5 Å². The molecule has 82 valence electrons. The van der Waals surface area contributed by atoms with Gasteiger partial charge in [-0.2, -0.15) is 4.98 Å². The molecule has 0 spiro atoms. The number of nitrogens with two attached hydrogens (primary N) is 1. The third-order valence-corrected chi connectivity index (χ3v) is 2.80. The van der Waals surface area contributed by atoms with Crippen molar-refractivity contribution in [3.05, 3.63) is 11.8 Å². The second-order valence-electron chi connectivity index (χ2n) is 4.43. The Morgan fingerprint density at radius 1 is 1.47 bits per heavy atom. The summed E-state index contributed by atoms with van der Waals surface area (Å²) in [7, 11) is 0. The Morgan fingerprint density at radius 2 is 2.27 bits per heavy atom. The van der Waals surface area contributed by atoms with Gasteiger partial charge in [-0.25, -0.2) is 4.98 Å². The molecule has 15 heavy (non-hydrogen) atoms. The molecule has 1 aromatic heterocycles. The van der Waals surface area contributed by atoms with Crippen molar-refractivity contribution in [2.75, 3.05) is 23.7 Å². The predicted octanol–water partition coefficient (Wildman–Crippen LogP) is 1.60. The fraction of sp³-hybridized carbons (Fsp3) is 0.636. The van der Waals surface area contributed by atoms with Crippen molar-refractivity contribution in [1.29, 1.82) is 0 Å². The van der Waals surface area contributed by atoms with E-state index in [1.54, 1.807) is 6.07 Å². The van der Waals surface area contributed by atoms with E-state index >= 15 is 0 Å². The van der Waals surface area contributed by atoms with Crippen LogP contribution in [0.25, 0.3) is 0 Å². The number of nitrogen functional groups attached to an aromatic ring is 1. The molecule has 0 radical (unpaired) electrons. The molecule has 1 unspecified atom stereocenters. The monoisotopic (exact) mass is 206 g/mol. The molecule has 0 saturated carbocycles. The normalized spacial score (nSPS) is 21.7. The first-order valence-corrected chi connectivity index (χ1v) is 5.51. The Balaban J connectivity index is 2.20. The molecule has 2 rings (SSSR count). The van der Waals surface area contributed by atoms with Crippen LogP contribution >= 0.6 is 0 Å². The van der Waals surface area contributed by atoms with Gasteiger partial charge in [-0.05, 0) is 25.7 Å². The van der Waals surface area contributed by atoms with Gasteiger partial charge in [0.1, 0.15) is 5.82 Å². The molecule has 0 amide bonds. The van der Waals surface area contributed by atoms with Crippen LogP contribution < -0.4 is 10.6 Å². The molecule has 4 nitrogen and oxygen atoms in total. The van der Waals surface area contributed by atoms with E-state index in [-0.39, 0.29) is 0 Å². The summed E-state index contributed by atoms with van der Waals surface area (Å²) in [4.78, 5) is 10.9. The fourth-order valence-corrected chi connectivity index (χ4v) is 2.09. The van der Waals surface area contributed by atoms with Crippen LogP contribution in [0, 0.1) is 12.8 Å². The number of aryl methyl sites for hydroxylation is 1. The average Bonchev–Trinajstić information content (AvgIpc) is 2.16. The van der Waals surface area contributed by atoms with Crippen LogP contribution in [-0.2, 0) is 0 Å². The van der Waals surface area contributed by atoms with Crippen molar-refractivity contribution in [3.63, 3.8) is 0 Å². The van der Waals surface area contributed by atoms with Gasteiger partial charge in [0.15, 0.2) is 0 Å². The highest BCUT2D eigenvalue weighted by Gasteiger charge is 2.18. The van der Waals surface area contributed by atoms with Gasteiger partial charge in [0.05, 0.1) is 0 Å². The molecule has 2 heterocycles. The Hall–Kier alpha value is -1.32. The molecule has 4 heteroatoms. The molecular weight excluding hydrogens is 188 g/mol. The topological polar surface area (TPSA) is 55.0 Å². The summed E-state index contributed by atoms with van der Waals surface area (Å²) in [5.74, 6) is 2.08. The van der Waals surface area contributed by atoms with E-state index in [0.717, 1.165) is 30.6 Å². The van der Waals surface area contributed by atoms with Gasteiger partial charge in [-0.3, -0.25) is 0 Å². The number of anilines is 2. The summed E-state index contributed by atoms with van der Waals surface area (Å²) in [6, 6.07) is 1.80. The molecular formula is C11H18N4. The van der Waals surface area contributed by atoms with Crippen molar-refractivity contribution < 1.29 is 0 Å². The quantitative estimate of drug-likeness (QED) is 0.758. The maximum Gasteiger partial charge on any atom is 0.227 e. The van der Waals surface area contributed by atoms with Crippen LogP contribution in [0.2, 0.25) is 0 Å². The Kier molecular flexibility index (Phi) is 2.75. The van der Waals surface area contributed by atoms with Crippen LogP contribution in [0.4, 0.5) is 11.8 Å². The largest absolute Gasteiger partial charge is 0.384 e. The third-order valence-electron chi connectivity index (χ3n) is 2.80. The minimum absolute atomic E-state index is 0.565. The van der Waals surface area contributed by atoms with Crippen LogP contribution in [-0.4, -0.2) is 23.1 Å². The second kappa shape index (κ2) is 4.04. The summed E-state index contributed by atoms with van der Waals surface area (Å²) in [6.45, 7) is 6.32. The van der Waals surface area contributed by atoms with E-state index < -0.39 is 0 Å². The van der Waals surface area contributed by atoms with Crippen LogP contribution in [0.5, 0.6) is 0 Å². The number of hydrogen-bond donors (Lipinski definition) is 1. The summed E-state index contributed by atoms with van der Waals surface area (Å²) >= 11 is 0. The number of aromatic nitrogens is 2. The van der Waals surface area contributed by atoms with Gasteiger partial charge in [0.2, 0.25) is 5.95 Å². The molecule has 0 aliphatic carbocycles. The zero-order valence-electron chi connectivity index (χ0n) is 9.40. The van der Waals surface area contributed by atoms with E-state index in [1.165, 1.54) is 12.8 Å². The molecule has 1 saturated heterocycles. The zero-order valence-corrected chi connectivity index (χ0v) is 9.40. The lowest BCUT2D eigenvalue weighted by Crippen LogP contribution is -2.35. The molecule has 1 fully saturated rings. The first-order chi connectivity index (χ1) is 7.15.